The Morgan fingerprint density at radius 3 is 2.28 bits per heavy atom. The van der Waals surface area contributed by atoms with E-state index in [0.717, 1.165) is 23.8 Å². The summed E-state index contributed by atoms with van der Waals surface area (Å²) < 4.78 is 49.2. The number of H-pyrrole nitrogens is 1. The summed E-state index contributed by atoms with van der Waals surface area (Å²) in [5.41, 5.74) is -1.75. The van der Waals surface area contributed by atoms with Crippen molar-refractivity contribution in [1.82, 2.24) is 14.9 Å². The average Bonchev–Trinajstić information content (AvgIpc) is 3.10. The molecule has 0 aromatic carbocycles. The molecule has 1 aromatic rings. The van der Waals surface area contributed by atoms with E-state index in [2.05, 4.69) is 18.7 Å². The SMILES string of the molecule is CC(=O)N[C@@H]1[C@H](OP(=O)(O)OP(=O)(O)OC[C@H]2O[C@H](n3ccc(=O)[nH]c3=O)[C@@H](O)[C@H]2O)O[C@H](CO)[C@H](O)[C@@H]1O. The number of carbonyl (C=O) groups is 1. The molecule has 0 saturated carbocycles. The molecule has 2 fully saturated rings. The third-order valence-corrected chi connectivity index (χ3v) is 8.16. The van der Waals surface area contributed by atoms with Gasteiger partial charge in [-0.15, -0.1) is 0 Å². The van der Waals surface area contributed by atoms with Crippen LogP contribution in [0.1, 0.15) is 13.2 Å². The number of aromatic nitrogens is 2. The molecule has 9 N–H and O–H groups in total. The van der Waals surface area contributed by atoms with E-state index in [9.17, 15) is 58.8 Å². The molecule has 39 heavy (non-hydrogen) atoms. The minimum absolute atomic E-state index is 0.723. The molecule has 2 aliphatic heterocycles. The molecule has 0 aliphatic carbocycles. The third kappa shape index (κ3) is 7.66. The van der Waals surface area contributed by atoms with Crippen LogP contribution in [0.25, 0.3) is 0 Å². The maximum Gasteiger partial charge on any atom is 0.483 e. The second kappa shape index (κ2) is 12.3. The number of aliphatic hydroxyl groups is 5. The number of ether oxygens (including phenoxy) is 2. The van der Waals surface area contributed by atoms with Crippen LogP contribution in [-0.4, -0.2) is 113 Å². The van der Waals surface area contributed by atoms with Crippen LogP contribution >= 0.6 is 15.6 Å². The van der Waals surface area contributed by atoms with Gasteiger partial charge in [0.1, 0.15) is 42.7 Å². The molecule has 2 unspecified atom stereocenters. The molecule has 11 atom stereocenters. The Morgan fingerprint density at radius 1 is 1.05 bits per heavy atom. The standard InChI is InChI=1S/C17H27N3O17P2/c1-6(22)18-10-13(26)11(24)7(4-21)35-16(10)36-39(31,32)37-38(29,30)33-5-8-12(25)14(27)15(34-8)20-3-2-9(23)19-17(20)28/h2-3,7-8,10-16,21,24-27H,4-5H2,1H3,(H,18,22)(H,29,30)(H,31,32)(H,19,23,28)/t7-,8-,10+,11+,12+,13-,14+,15+,16+/m1/s1. The Hall–Kier alpha value is -1.87. The van der Waals surface area contributed by atoms with Gasteiger partial charge < -0.3 is 50.1 Å². The second-order valence-electron chi connectivity index (χ2n) is 8.42. The van der Waals surface area contributed by atoms with Crippen LogP contribution in [0.4, 0.5) is 0 Å². The van der Waals surface area contributed by atoms with Gasteiger partial charge in [-0.1, -0.05) is 0 Å². The minimum atomic E-state index is -5.63. The van der Waals surface area contributed by atoms with Crippen LogP contribution < -0.4 is 16.6 Å². The van der Waals surface area contributed by atoms with Crippen LogP contribution in [-0.2, 0) is 36.8 Å². The molecule has 222 valence electrons. The van der Waals surface area contributed by atoms with Crippen molar-refractivity contribution in [2.75, 3.05) is 13.2 Å². The van der Waals surface area contributed by atoms with E-state index in [0.29, 0.717) is 0 Å². The van der Waals surface area contributed by atoms with Gasteiger partial charge in [0.25, 0.3) is 5.56 Å². The topological polar surface area (TPSA) is 306 Å². The first kappa shape index (κ1) is 31.7. The summed E-state index contributed by atoms with van der Waals surface area (Å²) in [4.78, 5) is 56.4. The molecular formula is C17H27N3O17P2. The summed E-state index contributed by atoms with van der Waals surface area (Å²) >= 11 is 0. The highest BCUT2D eigenvalue weighted by molar-refractivity contribution is 7.61. The van der Waals surface area contributed by atoms with Crippen LogP contribution in [0.3, 0.4) is 0 Å². The van der Waals surface area contributed by atoms with Crippen LogP contribution in [0, 0.1) is 0 Å². The first-order chi connectivity index (χ1) is 18.0. The van der Waals surface area contributed by atoms with Crippen molar-refractivity contribution in [2.45, 2.75) is 62.1 Å². The average molecular weight is 607 g/mol. The molecule has 3 rings (SSSR count). The molecular weight excluding hydrogens is 580 g/mol. The highest BCUT2D eigenvalue weighted by atomic mass is 31.3. The first-order valence-corrected chi connectivity index (χ1v) is 14.0. The molecule has 0 bridgehead atoms. The van der Waals surface area contributed by atoms with Crippen molar-refractivity contribution in [1.29, 1.82) is 0 Å². The van der Waals surface area contributed by atoms with Crippen molar-refractivity contribution < 1.29 is 72.1 Å². The highest BCUT2D eigenvalue weighted by Crippen LogP contribution is 2.61. The van der Waals surface area contributed by atoms with Gasteiger partial charge in [-0.2, -0.15) is 4.31 Å². The molecule has 22 heteroatoms. The highest BCUT2D eigenvalue weighted by Gasteiger charge is 2.50. The number of hydrogen-bond donors (Lipinski definition) is 9. The van der Waals surface area contributed by atoms with Crippen molar-refractivity contribution in [3.05, 3.63) is 33.1 Å². The lowest BCUT2D eigenvalue weighted by Gasteiger charge is -2.42. The van der Waals surface area contributed by atoms with E-state index >= 15 is 0 Å². The van der Waals surface area contributed by atoms with E-state index in [-0.39, 0.29) is 0 Å². The van der Waals surface area contributed by atoms with Gasteiger partial charge in [0.2, 0.25) is 5.91 Å². The van der Waals surface area contributed by atoms with E-state index in [4.69, 9.17) is 9.47 Å². The minimum Gasteiger partial charge on any atom is -0.394 e. The summed E-state index contributed by atoms with van der Waals surface area (Å²) in [5, 5.41) is 51.9. The molecule has 3 heterocycles. The molecule has 2 saturated heterocycles. The fourth-order valence-electron chi connectivity index (χ4n) is 3.76. The maximum atomic E-state index is 12.4. The molecule has 2 aliphatic rings. The maximum absolute atomic E-state index is 12.4. The zero-order valence-corrected chi connectivity index (χ0v) is 21.6. The number of nitrogens with zero attached hydrogens (tertiary/aromatic N) is 1. The van der Waals surface area contributed by atoms with E-state index in [1.165, 1.54) is 0 Å². The quantitative estimate of drug-likeness (QED) is 0.113. The summed E-state index contributed by atoms with van der Waals surface area (Å²) in [6.45, 7) is -0.940. The van der Waals surface area contributed by atoms with Crippen molar-refractivity contribution >= 4 is 21.6 Å². The predicted octanol–water partition coefficient (Wildman–Crippen LogP) is -4.65. The van der Waals surface area contributed by atoms with Gasteiger partial charge in [0, 0.05) is 19.2 Å². The van der Waals surface area contributed by atoms with Gasteiger partial charge in [-0.3, -0.25) is 28.2 Å². The summed E-state index contributed by atoms with van der Waals surface area (Å²) in [6, 6.07) is -0.766. The Kier molecular flexibility index (Phi) is 10.0. The van der Waals surface area contributed by atoms with Crippen molar-refractivity contribution in [3.63, 3.8) is 0 Å². The first-order valence-electron chi connectivity index (χ1n) is 11.0. The smallest absolute Gasteiger partial charge is 0.394 e. The lowest BCUT2D eigenvalue weighted by Crippen LogP contribution is -2.64. The van der Waals surface area contributed by atoms with Crippen LogP contribution in [0.5, 0.6) is 0 Å². The molecule has 0 spiro atoms. The summed E-state index contributed by atoms with van der Waals surface area (Å²) in [7, 11) is -11.1. The van der Waals surface area contributed by atoms with Gasteiger partial charge in [-0.05, 0) is 0 Å². The van der Waals surface area contributed by atoms with Crippen molar-refractivity contribution in [2.24, 2.45) is 0 Å². The number of rotatable bonds is 10. The summed E-state index contributed by atoms with van der Waals surface area (Å²) in [6.07, 6.45) is -13.0. The Balaban J connectivity index is 1.66. The van der Waals surface area contributed by atoms with Gasteiger partial charge in [0.15, 0.2) is 12.5 Å². The Morgan fingerprint density at radius 2 is 1.69 bits per heavy atom. The Bertz CT molecular complexity index is 1240. The van der Waals surface area contributed by atoms with Gasteiger partial charge in [-0.25, -0.2) is 13.9 Å². The monoisotopic (exact) mass is 607 g/mol. The van der Waals surface area contributed by atoms with Crippen LogP contribution in [0.2, 0.25) is 0 Å². The lowest BCUT2D eigenvalue weighted by atomic mass is 9.97. The largest absolute Gasteiger partial charge is 0.483 e. The lowest BCUT2D eigenvalue weighted by molar-refractivity contribution is -0.247. The van der Waals surface area contributed by atoms with Crippen molar-refractivity contribution in [3.8, 4) is 0 Å². The number of amides is 1. The van der Waals surface area contributed by atoms with E-state index < -0.39 is 101 Å². The molecule has 20 nitrogen and oxygen atoms in total. The van der Waals surface area contributed by atoms with E-state index in [1.807, 2.05) is 4.98 Å². The summed E-state index contributed by atoms with van der Waals surface area (Å²) in [5.74, 6) is -0.796. The van der Waals surface area contributed by atoms with Crippen LogP contribution in [0.15, 0.2) is 21.9 Å². The fraction of sp³-hybridized carbons (Fsp3) is 0.706. The number of hydrogen-bond acceptors (Lipinski definition) is 15. The zero-order chi connectivity index (χ0) is 29.3. The fourth-order valence-corrected chi connectivity index (χ4v) is 5.92. The van der Waals surface area contributed by atoms with Gasteiger partial charge in [0.05, 0.1) is 13.2 Å². The Labute approximate surface area is 217 Å². The van der Waals surface area contributed by atoms with E-state index in [1.54, 1.807) is 0 Å². The number of carbonyl (C=O) groups excluding carboxylic acids is 1. The number of aliphatic hydroxyl groups excluding tert-OH is 5. The number of phosphoric acid groups is 2. The predicted molar refractivity (Wildman–Crippen MR) is 120 cm³/mol. The second-order valence-corrected chi connectivity index (χ2v) is 11.4. The third-order valence-electron chi connectivity index (χ3n) is 5.56. The number of aromatic amines is 1. The molecule has 0 radical (unpaired) electrons. The number of phosphoric ester groups is 2. The molecule has 1 amide bonds. The van der Waals surface area contributed by atoms with Gasteiger partial charge >= 0.3 is 21.3 Å². The zero-order valence-electron chi connectivity index (χ0n) is 19.8. The number of nitrogens with one attached hydrogen (secondary N) is 2. The molecule has 1 aromatic heterocycles. The normalized spacial score (nSPS) is 36.2.